The Hall–Kier alpha value is -2.00. The SMILES string of the molecule is CCOc1ccccc1NCCNCc1ccccc1. The number of ether oxygens (including phenoxy) is 1. The number of para-hydroxylation sites is 2. The molecule has 0 spiro atoms. The first-order chi connectivity index (χ1) is 9.90. The maximum Gasteiger partial charge on any atom is 0.142 e. The summed E-state index contributed by atoms with van der Waals surface area (Å²) in [7, 11) is 0. The van der Waals surface area contributed by atoms with Crippen molar-refractivity contribution in [3.63, 3.8) is 0 Å². The molecule has 2 N–H and O–H groups in total. The maximum atomic E-state index is 5.58. The molecular formula is C17H22N2O. The fourth-order valence-electron chi connectivity index (χ4n) is 2.01. The maximum absolute atomic E-state index is 5.58. The van der Waals surface area contributed by atoms with E-state index in [9.17, 15) is 0 Å². The average Bonchev–Trinajstić information content (AvgIpc) is 2.50. The molecule has 0 radical (unpaired) electrons. The van der Waals surface area contributed by atoms with Crippen molar-refractivity contribution in [2.45, 2.75) is 13.5 Å². The zero-order valence-electron chi connectivity index (χ0n) is 11.9. The lowest BCUT2D eigenvalue weighted by Crippen LogP contribution is -2.21. The Labute approximate surface area is 121 Å². The highest BCUT2D eigenvalue weighted by molar-refractivity contribution is 5.56. The van der Waals surface area contributed by atoms with Crippen molar-refractivity contribution >= 4 is 5.69 Å². The van der Waals surface area contributed by atoms with Gasteiger partial charge in [-0.05, 0) is 24.6 Å². The number of anilines is 1. The monoisotopic (exact) mass is 270 g/mol. The van der Waals surface area contributed by atoms with Crippen LogP contribution in [-0.2, 0) is 6.54 Å². The first-order valence-corrected chi connectivity index (χ1v) is 7.10. The van der Waals surface area contributed by atoms with Crippen molar-refractivity contribution in [2.24, 2.45) is 0 Å². The van der Waals surface area contributed by atoms with Crippen molar-refractivity contribution in [2.75, 3.05) is 25.0 Å². The minimum atomic E-state index is 0.685. The lowest BCUT2D eigenvalue weighted by Gasteiger charge is -2.12. The second-order valence-corrected chi connectivity index (χ2v) is 4.52. The molecule has 0 heterocycles. The Morgan fingerprint density at radius 1 is 0.900 bits per heavy atom. The van der Waals surface area contributed by atoms with Gasteiger partial charge in [-0.1, -0.05) is 42.5 Å². The fraction of sp³-hybridized carbons (Fsp3) is 0.294. The van der Waals surface area contributed by atoms with E-state index in [1.807, 2.05) is 37.3 Å². The van der Waals surface area contributed by atoms with Crippen LogP contribution >= 0.6 is 0 Å². The summed E-state index contributed by atoms with van der Waals surface area (Å²) in [6, 6.07) is 18.5. The quantitative estimate of drug-likeness (QED) is 0.722. The molecule has 3 nitrogen and oxygen atoms in total. The van der Waals surface area contributed by atoms with Gasteiger partial charge in [-0.2, -0.15) is 0 Å². The van der Waals surface area contributed by atoms with Gasteiger partial charge in [-0.3, -0.25) is 0 Å². The number of hydrogen-bond acceptors (Lipinski definition) is 3. The van der Waals surface area contributed by atoms with Crippen LogP contribution in [0.2, 0.25) is 0 Å². The molecule has 0 saturated heterocycles. The number of rotatable bonds is 8. The zero-order valence-corrected chi connectivity index (χ0v) is 11.9. The van der Waals surface area contributed by atoms with E-state index in [1.54, 1.807) is 0 Å². The van der Waals surface area contributed by atoms with Gasteiger partial charge < -0.3 is 15.4 Å². The standard InChI is InChI=1S/C17H22N2O/c1-2-20-17-11-7-6-10-16(17)19-13-12-18-14-15-8-4-3-5-9-15/h3-11,18-19H,2,12-14H2,1H3. The third-order valence-electron chi connectivity index (χ3n) is 2.98. The molecule has 0 aliphatic heterocycles. The molecule has 3 heteroatoms. The van der Waals surface area contributed by atoms with Crippen LogP contribution in [0.1, 0.15) is 12.5 Å². The van der Waals surface area contributed by atoms with Crippen molar-refractivity contribution in [1.29, 1.82) is 0 Å². The molecule has 0 unspecified atom stereocenters. The fourth-order valence-corrected chi connectivity index (χ4v) is 2.01. The normalized spacial score (nSPS) is 10.2. The van der Waals surface area contributed by atoms with Gasteiger partial charge in [0.15, 0.2) is 0 Å². The first kappa shape index (κ1) is 14.4. The summed E-state index contributed by atoms with van der Waals surface area (Å²) in [6.07, 6.45) is 0. The Kier molecular flexibility index (Phi) is 5.93. The predicted molar refractivity (Wildman–Crippen MR) is 84.2 cm³/mol. The third kappa shape index (κ3) is 4.59. The minimum Gasteiger partial charge on any atom is -0.492 e. The van der Waals surface area contributed by atoms with Crippen LogP contribution in [0.5, 0.6) is 5.75 Å². The van der Waals surface area contributed by atoms with Gasteiger partial charge in [0, 0.05) is 19.6 Å². The Morgan fingerprint density at radius 3 is 2.45 bits per heavy atom. The topological polar surface area (TPSA) is 33.3 Å². The van der Waals surface area contributed by atoms with Gasteiger partial charge in [0.1, 0.15) is 5.75 Å². The van der Waals surface area contributed by atoms with Crippen LogP contribution in [0.15, 0.2) is 54.6 Å². The van der Waals surface area contributed by atoms with Crippen molar-refractivity contribution < 1.29 is 4.74 Å². The van der Waals surface area contributed by atoms with E-state index >= 15 is 0 Å². The van der Waals surface area contributed by atoms with E-state index in [0.29, 0.717) is 6.61 Å². The molecule has 20 heavy (non-hydrogen) atoms. The Bertz CT molecular complexity index is 499. The van der Waals surface area contributed by atoms with Gasteiger partial charge in [0.25, 0.3) is 0 Å². The molecule has 2 rings (SSSR count). The lowest BCUT2D eigenvalue weighted by molar-refractivity contribution is 0.341. The van der Waals surface area contributed by atoms with Gasteiger partial charge >= 0.3 is 0 Å². The van der Waals surface area contributed by atoms with E-state index in [1.165, 1.54) is 5.56 Å². The average molecular weight is 270 g/mol. The lowest BCUT2D eigenvalue weighted by atomic mass is 10.2. The molecule has 0 atom stereocenters. The van der Waals surface area contributed by atoms with E-state index in [4.69, 9.17) is 4.74 Å². The van der Waals surface area contributed by atoms with E-state index in [0.717, 1.165) is 31.1 Å². The van der Waals surface area contributed by atoms with E-state index < -0.39 is 0 Å². The highest BCUT2D eigenvalue weighted by atomic mass is 16.5. The van der Waals surface area contributed by atoms with Crippen molar-refractivity contribution in [3.8, 4) is 5.75 Å². The largest absolute Gasteiger partial charge is 0.492 e. The van der Waals surface area contributed by atoms with Crippen LogP contribution in [-0.4, -0.2) is 19.7 Å². The van der Waals surface area contributed by atoms with Crippen molar-refractivity contribution in [3.05, 3.63) is 60.2 Å². The van der Waals surface area contributed by atoms with Gasteiger partial charge in [-0.25, -0.2) is 0 Å². The summed E-state index contributed by atoms with van der Waals surface area (Å²) in [6.45, 7) is 5.37. The zero-order chi connectivity index (χ0) is 14.0. The van der Waals surface area contributed by atoms with Crippen LogP contribution in [0, 0.1) is 0 Å². The van der Waals surface area contributed by atoms with Gasteiger partial charge in [-0.15, -0.1) is 0 Å². The van der Waals surface area contributed by atoms with Crippen molar-refractivity contribution in [1.82, 2.24) is 5.32 Å². The van der Waals surface area contributed by atoms with Crippen LogP contribution in [0.3, 0.4) is 0 Å². The summed E-state index contributed by atoms with van der Waals surface area (Å²) >= 11 is 0. The minimum absolute atomic E-state index is 0.685. The summed E-state index contributed by atoms with van der Waals surface area (Å²) in [4.78, 5) is 0. The first-order valence-electron chi connectivity index (χ1n) is 7.10. The third-order valence-corrected chi connectivity index (χ3v) is 2.98. The molecule has 106 valence electrons. The van der Waals surface area contributed by atoms with Gasteiger partial charge in [0.2, 0.25) is 0 Å². The van der Waals surface area contributed by atoms with Gasteiger partial charge in [0.05, 0.1) is 12.3 Å². The van der Waals surface area contributed by atoms with Crippen LogP contribution in [0.4, 0.5) is 5.69 Å². The molecule has 0 aliphatic carbocycles. The molecule has 0 aromatic heterocycles. The number of benzene rings is 2. The molecule has 0 fully saturated rings. The van der Waals surface area contributed by atoms with Crippen LogP contribution < -0.4 is 15.4 Å². The Balaban J connectivity index is 1.71. The number of hydrogen-bond donors (Lipinski definition) is 2. The second-order valence-electron chi connectivity index (χ2n) is 4.52. The molecule has 0 aliphatic rings. The summed E-state index contributed by atoms with van der Waals surface area (Å²) in [5.41, 5.74) is 2.36. The molecule has 0 amide bonds. The summed E-state index contributed by atoms with van der Waals surface area (Å²) in [5.74, 6) is 0.915. The predicted octanol–water partition coefficient (Wildman–Crippen LogP) is 3.29. The summed E-state index contributed by atoms with van der Waals surface area (Å²) < 4.78 is 5.58. The van der Waals surface area contributed by atoms with E-state index in [2.05, 4.69) is 34.9 Å². The molecular weight excluding hydrogens is 248 g/mol. The molecule has 2 aromatic rings. The Morgan fingerprint density at radius 2 is 1.65 bits per heavy atom. The molecule has 2 aromatic carbocycles. The van der Waals surface area contributed by atoms with Crippen LogP contribution in [0.25, 0.3) is 0 Å². The molecule has 0 bridgehead atoms. The molecule has 0 saturated carbocycles. The number of nitrogens with one attached hydrogen (secondary N) is 2. The highest BCUT2D eigenvalue weighted by Gasteiger charge is 2.00. The van der Waals surface area contributed by atoms with E-state index in [-0.39, 0.29) is 0 Å². The smallest absolute Gasteiger partial charge is 0.142 e. The highest BCUT2D eigenvalue weighted by Crippen LogP contribution is 2.23. The summed E-state index contributed by atoms with van der Waals surface area (Å²) in [5, 5.41) is 6.82. The second kappa shape index (κ2) is 8.23.